The van der Waals surface area contributed by atoms with E-state index >= 15 is 0 Å². The highest BCUT2D eigenvalue weighted by Gasteiger charge is 2.30. The van der Waals surface area contributed by atoms with Crippen LogP contribution >= 0.6 is 0 Å². The second kappa shape index (κ2) is 6.81. The SMILES string of the molecule is Cc1ccc2c(C)c(C(=O)N3CCN(C4CCOCC4)CC3)oc2c1. The van der Waals surface area contributed by atoms with Gasteiger partial charge in [0.1, 0.15) is 5.58 Å². The first kappa shape index (κ1) is 16.6. The first-order valence-corrected chi connectivity index (χ1v) is 9.24. The van der Waals surface area contributed by atoms with Gasteiger partial charge in [-0.1, -0.05) is 12.1 Å². The monoisotopic (exact) mass is 342 g/mol. The zero-order valence-electron chi connectivity index (χ0n) is 15.1. The van der Waals surface area contributed by atoms with Crippen molar-refractivity contribution in [2.45, 2.75) is 32.7 Å². The van der Waals surface area contributed by atoms with E-state index < -0.39 is 0 Å². The van der Waals surface area contributed by atoms with Gasteiger partial charge in [-0.3, -0.25) is 9.69 Å². The van der Waals surface area contributed by atoms with Crippen LogP contribution in [0.25, 0.3) is 11.0 Å². The maximum Gasteiger partial charge on any atom is 0.289 e. The minimum Gasteiger partial charge on any atom is -0.451 e. The molecule has 1 amide bonds. The van der Waals surface area contributed by atoms with Crippen molar-refractivity contribution < 1.29 is 13.9 Å². The third-order valence-electron chi connectivity index (χ3n) is 5.60. The summed E-state index contributed by atoms with van der Waals surface area (Å²) in [5.74, 6) is 0.526. The van der Waals surface area contributed by atoms with Crippen LogP contribution in [0.3, 0.4) is 0 Å². The molecule has 25 heavy (non-hydrogen) atoms. The summed E-state index contributed by atoms with van der Waals surface area (Å²) >= 11 is 0. The Bertz CT molecular complexity index is 769. The predicted molar refractivity (Wildman–Crippen MR) is 97.0 cm³/mol. The topological polar surface area (TPSA) is 45.9 Å². The smallest absolute Gasteiger partial charge is 0.289 e. The molecule has 1 aromatic carbocycles. The Morgan fingerprint density at radius 1 is 1.08 bits per heavy atom. The van der Waals surface area contributed by atoms with Gasteiger partial charge in [0.15, 0.2) is 5.76 Å². The highest BCUT2D eigenvalue weighted by atomic mass is 16.5. The zero-order chi connectivity index (χ0) is 17.4. The van der Waals surface area contributed by atoms with Crippen LogP contribution in [-0.2, 0) is 4.74 Å². The largest absolute Gasteiger partial charge is 0.451 e. The fourth-order valence-corrected chi connectivity index (χ4v) is 4.02. The lowest BCUT2D eigenvalue weighted by atomic mass is 10.1. The Morgan fingerprint density at radius 2 is 1.80 bits per heavy atom. The van der Waals surface area contributed by atoms with Gasteiger partial charge in [-0.15, -0.1) is 0 Å². The Labute approximate surface area is 148 Å². The summed E-state index contributed by atoms with van der Waals surface area (Å²) in [6.07, 6.45) is 2.21. The molecule has 5 nitrogen and oxygen atoms in total. The van der Waals surface area contributed by atoms with Crippen LogP contribution in [0.5, 0.6) is 0 Å². The summed E-state index contributed by atoms with van der Waals surface area (Å²) < 4.78 is 11.4. The molecule has 0 N–H and O–H groups in total. The first-order valence-electron chi connectivity index (χ1n) is 9.24. The molecule has 0 aliphatic carbocycles. The lowest BCUT2D eigenvalue weighted by Crippen LogP contribution is -2.53. The molecule has 4 rings (SSSR count). The molecule has 0 saturated carbocycles. The first-order chi connectivity index (χ1) is 12.1. The van der Waals surface area contributed by atoms with Gasteiger partial charge < -0.3 is 14.1 Å². The number of piperazine rings is 1. The molecule has 2 aliphatic rings. The number of carbonyl (C=O) groups excluding carboxylic acids is 1. The van der Waals surface area contributed by atoms with E-state index in [1.807, 2.05) is 30.9 Å². The molecule has 0 radical (unpaired) electrons. The van der Waals surface area contributed by atoms with Crippen LogP contribution < -0.4 is 0 Å². The number of furan rings is 1. The van der Waals surface area contributed by atoms with Crippen LogP contribution in [0.2, 0.25) is 0 Å². The van der Waals surface area contributed by atoms with E-state index in [9.17, 15) is 4.79 Å². The van der Waals surface area contributed by atoms with E-state index in [-0.39, 0.29) is 5.91 Å². The number of nitrogens with zero attached hydrogens (tertiary/aromatic N) is 2. The predicted octanol–water partition coefficient (Wildman–Crippen LogP) is 2.99. The third-order valence-corrected chi connectivity index (χ3v) is 5.60. The Hall–Kier alpha value is -1.85. The van der Waals surface area contributed by atoms with E-state index in [1.54, 1.807) is 0 Å². The van der Waals surface area contributed by atoms with Gasteiger partial charge in [-0.2, -0.15) is 0 Å². The van der Waals surface area contributed by atoms with Crippen LogP contribution in [-0.4, -0.2) is 61.1 Å². The Morgan fingerprint density at radius 3 is 2.52 bits per heavy atom. The number of fused-ring (bicyclic) bond motifs is 1. The van der Waals surface area contributed by atoms with Crippen molar-refractivity contribution in [3.05, 3.63) is 35.1 Å². The molecule has 1 aromatic heterocycles. The fraction of sp³-hybridized carbons (Fsp3) is 0.550. The van der Waals surface area contributed by atoms with E-state index in [4.69, 9.17) is 9.15 Å². The second-order valence-corrected chi connectivity index (χ2v) is 7.23. The molecule has 2 aliphatic heterocycles. The van der Waals surface area contributed by atoms with Crippen LogP contribution in [0.15, 0.2) is 22.6 Å². The minimum atomic E-state index is 0.0259. The van der Waals surface area contributed by atoms with Gasteiger partial charge in [-0.05, 0) is 38.3 Å². The summed E-state index contributed by atoms with van der Waals surface area (Å²) in [6.45, 7) is 9.16. The summed E-state index contributed by atoms with van der Waals surface area (Å²) in [7, 11) is 0. The van der Waals surface area contributed by atoms with Crippen molar-refractivity contribution in [1.29, 1.82) is 0 Å². The van der Waals surface area contributed by atoms with Crippen molar-refractivity contribution in [2.75, 3.05) is 39.4 Å². The van der Waals surface area contributed by atoms with Crippen molar-refractivity contribution >= 4 is 16.9 Å². The average molecular weight is 342 g/mol. The van der Waals surface area contributed by atoms with Crippen LogP contribution in [0.1, 0.15) is 34.5 Å². The van der Waals surface area contributed by atoms with Crippen LogP contribution in [0.4, 0.5) is 0 Å². The van der Waals surface area contributed by atoms with E-state index in [2.05, 4.69) is 11.0 Å². The second-order valence-electron chi connectivity index (χ2n) is 7.23. The molecule has 5 heteroatoms. The molecule has 0 atom stereocenters. The number of rotatable bonds is 2. The molecule has 134 valence electrons. The van der Waals surface area contributed by atoms with Gasteiger partial charge in [0, 0.05) is 56.4 Å². The average Bonchev–Trinajstić information content (AvgIpc) is 2.98. The van der Waals surface area contributed by atoms with Crippen molar-refractivity contribution in [3.63, 3.8) is 0 Å². The molecular formula is C20H26N2O3. The van der Waals surface area contributed by atoms with Gasteiger partial charge in [0.25, 0.3) is 5.91 Å². The molecular weight excluding hydrogens is 316 g/mol. The molecule has 3 heterocycles. The normalized spacial score (nSPS) is 20.3. The standard InChI is InChI=1S/C20H26N2O3/c1-14-3-4-17-15(2)19(25-18(17)13-14)20(23)22-9-7-21(8-10-22)16-5-11-24-12-6-16/h3-4,13,16H,5-12H2,1-2H3. The summed E-state index contributed by atoms with van der Waals surface area (Å²) in [5, 5.41) is 1.04. The van der Waals surface area contributed by atoms with Gasteiger partial charge in [-0.25, -0.2) is 0 Å². The number of benzene rings is 1. The Kier molecular flexibility index (Phi) is 4.52. The molecule has 0 unspecified atom stereocenters. The summed E-state index contributed by atoms with van der Waals surface area (Å²) in [4.78, 5) is 17.4. The maximum atomic E-state index is 13.0. The number of amides is 1. The summed E-state index contributed by atoms with van der Waals surface area (Å²) in [5.41, 5.74) is 2.90. The number of carbonyl (C=O) groups is 1. The molecule has 2 fully saturated rings. The molecule has 0 bridgehead atoms. The zero-order valence-corrected chi connectivity index (χ0v) is 15.1. The van der Waals surface area contributed by atoms with Crippen molar-refractivity contribution in [2.24, 2.45) is 0 Å². The van der Waals surface area contributed by atoms with E-state index in [0.717, 1.165) is 74.3 Å². The van der Waals surface area contributed by atoms with Crippen molar-refractivity contribution in [3.8, 4) is 0 Å². The third kappa shape index (κ3) is 3.18. The van der Waals surface area contributed by atoms with Gasteiger partial charge >= 0.3 is 0 Å². The van der Waals surface area contributed by atoms with Gasteiger partial charge in [0.05, 0.1) is 0 Å². The lowest BCUT2D eigenvalue weighted by molar-refractivity contribution is 0.0131. The molecule has 2 saturated heterocycles. The molecule has 2 aromatic rings. The van der Waals surface area contributed by atoms with E-state index in [1.165, 1.54) is 0 Å². The number of aryl methyl sites for hydroxylation is 2. The highest BCUT2D eigenvalue weighted by molar-refractivity contribution is 5.99. The highest BCUT2D eigenvalue weighted by Crippen LogP contribution is 2.27. The quantitative estimate of drug-likeness (QED) is 0.842. The molecule has 0 spiro atoms. The minimum absolute atomic E-state index is 0.0259. The van der Waals surface area contributed by atoms with Gasteiger partial charge in [0.2, 0.25) is 0 Å². The van der Waals surface area contributed by atoms with Crippen LogP contribution in [0, 0.1) is 13.8 Å². The maximum absolute atomic E-state index is 13.0. The van der Waals surface area contributed by atoms with E-state index in [0.29, 0.717) is 11.8 Å². The summed E-state index contributed by atoms with van der Waals surface area (Å²) in [6, 6.07) is 6.72. The number of hydrogen-bond acceptors (Lipinski definition) is 4. The lowest BCUT2D eigenvalue weighted by Gasteiger charge is -2.40. The number of ether oxygens (including phenoxy) is 1. The van der Waals surface area contributed by atoms with Crippen molar-refractivity contribution in [1.82, 2.24) is 9.80 Å². The number of hydrogen-bond donors (Lipinski definition) is 0. The Balaban J connectivity index is 1.46. The fourth-order valence-electron chi connectivity index (χ4n) is 4.02.